The van der Waals surface area contributed by atoms with Crippen LogP contribution in [0.5, 0.6) is 0 Å². The van der Waals surface area contributed by atoms with Crippen molar-refractivity contribution in [1.82, 2.24) is 9.78 Å². The molecule has 7 nitrogen and oxygen atoms in total. The number of carbonyl (C=O) groups is 3. The van der Waals surface area contributed by atoms with Crippen LogP contribution in [-0.4, -0.2) is 61.3 Å². The van der Waals surface area contributed by atoms with Gasteiger partial charge in [0.1, 0.15) is 17.9 Å². The van der Waals surface area contributed by atoms with E-state index >= 15 is 8.78 Å². The van der Waals surface area contributed by atoms with Crippen molar-refractivity contribution in [2.45, 2.75) is 70.5 Å². The second-order valence-electron chi connectivity index (χ2n) is 12.0. The van der Waals surface area contributed by atoms with Crippen LogP contribution in [0.15, 0.2) is 29.9 Å². The Morgan fingerprint density at radius 1 is 1.28 bits per heavy atom. The summed E-state index contributed by atoms with van der Waals surface area (Å²) in [6.07, 6.45) is -0.0760. The highest BCUT2D eigenvalue weighted by Crippen LogP contribution is 2.72. The quantitative estimate of drug-likeness (QED) is 0.541. The number of hydrogen-bond donors (Lipinski definition) is 1. The maximum absolute atomic E-state index is 17.5. The van der Waals surface area contributed by atoms with Crippen LogP contribution >= 0.6 is 11.8 Å². The Bertz CT molecular complexity index is 1310. The standard InChI is InChI=1S/C28H33F3N2O5S/c1-14-8-17-18-11-20(30)19-10-16(34)6-7-25(19,3)27(18,31)22(35)12-26(17,4)28(14,24(37)39-13-29)38-23(36)21-9-15(2)32-33(21)5/h6-7,9-10,14,17-18,20,22,35H,8,11-13H2,1-5H3/t14?,17-,18-,20?,22?,25-,26-,27?,28?/m0/s1. The molecule has 5 rings (SSSR count). The first-order valence-corrected chi connectivity index (χ1v) is 14.1. The predicted octanol–water partition coefficient (Wildman–Crippen LogP) is 4.38. The van der Waals surface area contributed by atoms with Gasteiger partial charge in [-0.05, 0) is 74.6 Å². The van der Waals surface area contributed by atoms with E-state index in [1.165, 1.54) is 29.8 Å². The van der Waals surface area contributed by atoms with Crippen molar-refractivity contribution in [2.24, 2.45) is 35.6 Å². The number of fused-ring (bicyclic) bond motifs is 5. The SMILES string of the molecule is Cc1cc(C(=O)OC2(C(=O)SCF)C(C)C[C@H]3[C@@H]4CC(F)C5=CC(=O)C=C[C@]5(C)C4(F)C(O)C[C@@]32C)n(C)n1. The molecular weight excluding hydrogens is 533 g/mol. The molecular formula is C28H33F3N2O5S. The average Bonchev–Trinajstić information content (AvgIpc) is 3.31. The van der Waals surface area contributed by atoms with Gasteiger partial charge < -0.3 is 9.84 Å². The lowest BCUT2D eigenvalue weighted by Crippen LogP contribution is -2.70. The smallest absolute Gasteiger partial charge is 0.357 e. The second-order valence-corrected chi connectivity index (χ2v) is 12.8. The Morgan fingerprint density at radius 3 is 2.59 bits per heavy atom. The molecule has 1 N–H and O–H groups in total. The lowest BCUT2D eigenvalue weighted by molar-refractivity contribution is -0.221. The maximum atomic E-state index is 17.5. The first-order valence-electron chi connectivity index (χ1n) is 13.1. The van der Waals surface area contributed by atoms with Crippen LogP contribution < -0.4 is 0 Å². The Hall–Kier alpha value is -2.40. The zero-order valence-corrected chi connectivity index (χ0v) is 23.4. The molecule has 3 saturated carbocycles. The Kier molecular flexibility index (Phi) is 6.53. The number of aliphatic hydroxyl groups is 1. The number of alkyl halides is 3. The van der Waals surface area contributed by atoms with Gasteiger partial charge in [0.2, 0.25) is 5.12 Å². The van der Waals surface area contributed by atoms with E-state index in [1.807, 2.05) is 0 Å². The molecule has 0 amide bonds. The first kappa shape index (κ1) is 28.1. The number of allylic oxidation sites excluding steroid dienone is 4. The van der Waals surface area contributed by atoms with Crippen LogP contribution in [0.1, 0.15) is 56.2 Å². The van der Waals surface area contributed by atoms with E-state index in [4.69, 9.17) is 4.74 Å². The summed E-state index contributed by atoms with van der Waals surface area (Å²) in [4.78, 5) is 39.3. The third kappa shape index (κ3) is 3.54. The largest absolute Gasteiger partial charge is 0.444 e. The van der Waals surface area contributed by atoms with Crippen LogP contribution in [-0.2, 0) is 21.4 Å². The van der Waals surface area contributed by atoms with Gasteiger partial charge in [-0.25, -0.2) is 18.0 Å². The number of ether oxygens (including phenoxy) is 1. The van der Waals surface area contributed by atoms with Crippen molar-refractivity contribution >= 4 is 28.6 Å². The Balaban J connectivity index is 1.64. The summed E-state index contributed by atoms with van der Waals surface area (Å²) in [6, 6.07) is 0.442. The Labute approximate surface area is 229 Å². The number of aromatic nitrogens is 2. The van der Waals surface area contributed by atoms with E-state index in [1.54, 1.807) is 27.8 Å². The molecule has 4 aliphatic rings. The average molecular weight is 567 g/mol. The molecule has 3 fully saturated rings. The molecule has 1 heterocycles. The van der Waals surface area contributed by atoms with Gasteiger partial charge in [0.25, 0.3) is 0 Å². The third-order valence-corrected chi connectivity index (χ3v) is 10.8. The number of nitrogens with zero attached hydrogens (tertiary/aromatic N) is 2. The fraction of sp³-hybridized carbons (Fsp3) is 0.643. The van der Waals surface area contributed by atoms with Crippen LogP contribution in [0, 0.1) is 35.5 Å². The monoisotopic (exact) mass is 566 g/mol. The molecule has 9 atom stereocenters. The topological polar surface area (TPSA) is 98.5 Å². The summed E-state index contributed by atoms with van der Waals surface area (Å²) in [7, 11) is 1.55. The van der Waals surface area contributed by atoms with E-state index in [9.17, 15) is 23.9 Å². The second kappa shape index (κ2) is 9.06. The highest BCUT2D eigenvalue weighted by atomic mass is 32.2. The number of halogens is 3. The highest BCUT2D eigenvalue weighted by molar-refractivity contribution is 8.13. The van der Waals surface area contributed by atoms with Crippen molar-refractivity contribution in [3.63, 3.8) is 0 Å². The van der Waals surface area contributed by atoms with Gasteiger partial charge in [-0.2, -0.15) is 5.10 Å². The summed E-state index contributed by atoms with van der Waals surface area (Å²) in [5.41, 5.74) is -6.55. The maximum Gasteiger partial charge on any atom is 0.357 e. The van der Waals surface area contributed by atoms with Crippen LogP contribution in [0.2, 0.25) is 0 Å². The summed E-state index contributed by atoms with van der Waals surface area (Å²) in [6.45, 7) is 6.53. The van der Waals surface area contributed by atoms with E-state index in [0.717, 1.165) is 6.08 Å². The number of esters is 1. The summed E-state index contributed by atoms with van der Waals surface area (Å²) < 4.78 is 54.2. The molecule has 1 aromatic rings. The molecule has 11 heteroatoms. The summed E-state index contributed by atoms with van der Waals surface area (Å²) in [5, 5.41) is 15.0. The fourth-order valence-electron chi connectivity index (χ4n) is 8.37. The lowest BCUT2D eigenvalue weighted by Gasteiger charge is -2.63. The molecule has 0 spiro atoms. The molecule has 5 unspecified atom stereocenters. The van der Waals surface area contributed by atoms with Gasteiger partial charge in [-0.15, -0.1) is 0 Å². The van der Waals surface area contributed by atoms with Gasteiger partial charge in [0.05, 0.1) is 11.8 Å². The number of carbonyl (C=O) groups excluding carboxylic acids is 3. The minimum atomic E-state index is -2.35. The van der Waals surface area contributed by atoms with E-state index in [0.29, 0.717) is 17.5 Å². The van der Waals surface area contributed by atoms with Crippen molar-refractivity contribution in [1.29, 1.82) is 0 Å². The highest BCUT2D eigenvalue weighted by Gasteiger charge is 2.78. The number of hydrogen-bond acceptors (Lipinski definition) is 7. The summed E-state index contributed by atoms with van der Waals surface area (Å²) >= 11 is 0.367. The predicted molar refractivity (Wildman–Crippen MR) is 138 cm³/mol. The molecule has 0 bridgehead atoms. The minimum absolute atomic E-state index is 0.00391. The van der Waals surface area contributed by atoms with Gasteiger partial charge in [0.15, 0.2) is 17.1 Å². The van der Waals surface area contributed by atoms with Gasteiger partial charge in [0, 0.05) is 29.7 Å². The van der Waals surface area contributed by atoms with E-state index in [-0.39, 0.29) is 30.5 Å². The van der Waals surface area contributed by atoms with Gasteiger partial charge >= 0.3 is 5.97 Å². The minimum Gasteiger partial charge on any atom is -0.444 e. The molecule has 1 aromatic heterocycles. The summed E-state index contributed by atoms with van der Waals surface area (Å²) in [5.74, 6) is -3.72. The van der Waals surface area contributed by atoms with Crippen molar-refractivity contribution < 1.29 is 37.4 Å². The molecule has 212 valence electrons. The molecule has 0 saturated heterocycles. The van der Waals surface area contributed by atoms with Crippen LogP contribution in [0.3, 0.4) is 0 Å². The zero-order valence-electron chi connectivity index (χ0n) is 22.5. The zero-order chi connectivity index (χ0) is 28.7. The molecule has 39 heavy (non-hydrogen) atoms. The number of thioether (sulfide) groups is 1. The van der Waals surface area contributed by atoms with Crippen molar-refractivity contribution in [2.75, 3.05) is 6.01 Å². The normalized spacial score (nSPS) is 42.8. The number of ketones is 1. The molecule has 4 aliphatic carbocycles. The first-order chi connectivity index (χ1) is 18.2. The molecule has 0 aromatic carbocycles. The van der Waals surface area contributed by atoms with E-state index in [2.05, 4.69) is 5.10 Å². The Morgan fingerprint density at radius 2 is 1.97 bits per heavy atom. The molecule has 0 radical (unpaired) electrons. The third-order valence-electron chi connectivity index (χ3n) is 10.1. The molecule has 0 aliphatic heterocycles. The lowest BCUT2D eigenvalue weighted by atomic mass is 9.44. The number of aryl methyl sites for hydroxylation is 2. The van der Waals surface area contributed by atoms with Crippen LogP contribution in [0.4, 0.5) is 13.2 Å². The van der Waals surface area contributed by atoms with Crippen LogP contribution in [0.25, 0.3) is 0 Å². The van der Waals surface area contributed by atoms with Crippen molar-refractivity contribution in [3.8, 4) is 0 Å². The van der Waals surface area contributed by atoms with E-state index < -0.39 is 75.0 Å². The van der Waals surface area contributed by atoms with Crippen molar-refractivity contribution in [3.05, 3.63) is 41.3 Å². The number of aliphatic hydroxyl groups excluding tert-OH is 1. The fourth-order valence-corrected chi connectivity index (χ4v) is 9.16. The van der Waals surface area contributed by atoms with Gasteiger partial charge in [-0.1, -0.05) is 19.9 Å². The number of rotatable bonds is 4. The van der Waals surface area contributed by atoms with Gasteiger partial charge in [-0.3, -0.25) is 14.3 Å².